The smallest absolute Gasteiger partial charge is 0.188 e. The number of hydrogen-bond acceptors (Lipinski definition) is 2. The molecule has 0 amide bonds. The Balaban J connectivity index is 1.69. The maximum atomic E-state index is 5.76. The summed E-state index contributed by atoms with van der Waals surface area (Å²) < 4.78 is 0. The topological polar surface area (TPSA) is 50.4 Å². The second-order valence-corrected chi connectivity index (χ2v) is 4.79. The van der Waals surface area contributed by atoms with Crippen LogP contribution >= 0.6 is 11.3 Å². The van der Waals surface area contributed by atoms with Crippen LogP contribution in [0.15, 0.2) is 21.8 Å². The predicted molar refractivity (Wildman–Crippen MR) is 65.0 cm³/mol. The van der Waals surface area contributed by atoms with Gasteiger partial charge in [0, 0.05) is 6.54 Å². The fourth-order valence-electron chi connectivity index (χ4n) is 1.56. The molecule has 0 radical (unpaired) electrons. The molecule has 1 aliphatic carbocycles. The largest absolute Gasteiger partial charge is 0.370 e. The van der Waals surface area contributed by atoms with E-state index in [4.69, 9.17) is 5.73 Å². The average Bonchev–Trinajstić information content (AvgIpc) is 2.64. The lowest BCUT2D eigenvalue weighted by molar-refractivity contribution is 0.315. The summed E-state index contributed by atoms with van der Waals surface area (Å²) in [5.74, 6) is 1.40. The lowest BCUT2D eigenvalue weighted by Crippen LogP contribution is -2.37. The molecule has 1 aromatic heterocycles. The zero-order valence-electron chi connectivity index (χ0n) is 8.78. The Labute approximate surface area is 94.4 Å². The summed E-state index contributed by atoms with van der Waals surface area (Å²) >= 11 is 1.69. The standard InChI is InChI=1S/C11H17N3S/c12-11(13-6-9-2-1-3-9)14-7-10-4-5-15-8-10/h4-5,8-9H,1-3,6-7H2,(H3,12,13,14). The fraction of sp³-hybridized carbons (Fsp3) is 0.545. The number of guanidine groups is 1. The van der Waals surface area contributed by atoms with E-state index < -0.39 is 0 Å². The molecule has 2 rings (SSSR count). The van der Waals surface area contributed by atoms with Gasteiger partial charge in [0.05, 0.1) is 6.54 Å². The van der Waals surface area contributed by atoms with Gasteiger partial charge in [0.25, 0.3) is 0 Å². The highest BCUT2D eigenvalue weighted by molar-refractivity contribution is 7.07. The van der Waals surface area contributed by atoms with Crippen LogP contribution in [-0.2, 0) is 6.54 Å². The van der Waals surface area contributed by atoms with Crippen molar-refractivity contribution >= 4 is 17.3 Å². The summed E-state index contributed by atoms with van der Waals surface area (Å²) in [6.07, 6.45) is 4.05. The number of aliphatic imine (C=N–C) groups is 1. The molecule has 0 aromatic carbocycles. The Morgan fingerprint density at radius 1 is 1.60 bits per heavy atom. The molecule has 1 aliphatic rings. The van der Waals surface area contributed by atoms with E-state index in [2.05, 4.69) is 27.1 Å². The van der Waals surface area contributed by atoms with Crippen molar-refractivity contribution in [3.63, 3.8) is 0 Å². The van der Waals surface area contributed by atoms with Crippen LogP contribution in [0.25, 0.3) is 0 Å². The second kappa shape index (κ2) is 5.16. The van der Waals surface area contributed by atoms with Gasteiger partial charge in [0.15, 0.2) is 5.96 Å². The molecule has 4 heteroatoms. The van der Waals surface area contributed by atoms with E-state index in [9.17, 15) is 0 Å². The molecule has 15 heavy (non-hydrogen) atoms. The summed E-state index contributed by atoms with van der Waals surface area (Å²) in [6, 6.07) is 2.08. The first-order valence-electron chi connectivity index (χ1n) is 5.39. The molecule has 82 valence electrons. The van der Waals surface area contributed by atoms with E-state index in [-0.39, 0.29) is 0 Å². The van der Waals surface area contributed by atoms with Crippen LogP contribution in [0.5, 0.6) is 0 Å². The first kappa shape index (κ1) is 10.5. The third-order valence-corrected chi connectivity index (χ3v) is 3.54. The maximum Gasteiger partial charge on any atom is 0.188 e. The third kappa shape index (κ3) is 3.23. The quantitative estimate of drug-likeness (QED) is 0.605. The molecule has 0 bridgehead atoms. The van der Waals surface area contributed by atoms with E-state index in [1.807, 2.05) is 0 Å². The number of nitrogens with one attached hydrogen (secondary N) is 1. The monoisotopic (exact) mass is 223 g/mol. The second-order valence-electron chi connectivity index (χ2n) is 4.01. The molecular formula is C11H17N3S. The van der Waals surface area contributed by atoms with Crippen LogP contribution in [0.2, 0.25) is 0 Å². The van der Waals surface area contributed by atoms with Gasteiger partial charge in [0.1, 0.15) is 0 Å². The van der Waals surface area contributed by atoms with Gasteiger partial charge in [-0.3, -0.25) is 0 Å². The van der Waals surface area contributed by atoms with Gasteiger partial charge < -0.3 is 11.1 Å². The van der Waals surface area contributed by atoms with E-state index in [0.717, 1.165) is 12.5 Å². The fourth-order valence-corrected chi connectivity index (χ4v) is 2.22. The van der Waals surface area contributed by atoms with Crippen molar-refractivity contribution in [2.45, 2.75) is 25.8 Å². The van der Waals surface area contributed by atoms with Gasteiger partial charge in [-0.15, -0.1) is 0 Å². The van der Waals surface area contributed by atoms with Crippen molar-refractivity contribution in [2.75, 3.05) is 6.54 Å². The molecule has 0 spiro atoms. The Bertz CT molecular complexity index is 315. The lowest BCUT2D eigenvalue weighted by Gasteiger charge is -2.25. The Morgan fingerprint density at radius 2 is 2.47 bits per heavy atom. The number of hydrogen-bond donors (Lipinski definition) is 2. The summed E-state index contributed by atoms with van der Waals surface area (Å²) in [5.41, 5.74) is 6.99. The van der Waals surface area contributed by atoms with Crippen LogP contribution in [0.1, 0.15) is 24.8 Å². The molecule has 0 saturated heterocycles. The zero-order chi connectivity index (χ0) is 10.5. The number of nitrogens with two attached hydrogens (primary N) is 1. The minimum absolute atomic E-state index is 0.577. The lowest BCUT2D eigenvalue weighted by atomic mass is 9.85. The average molecular weight is 223 g/mol. The molecule has 0 aliphatic heterocycles. The Kier molecular flexibility index (Phi) is 3.61. The van der Waals surface area contributed by atoms with Crippen LogP contribution in [-0.4, -0.2) is 12.5 Å². The minimum atomic E-state index is 0.577. The summed E-state index contributed by atoms with van der Waals surface area (Å²) in [4.78, 5) is 4.29. The van der Waals surface area contributed by atoms with Gasteiger partial charge >= 0.3 is 0 Å². The van der Waals surface area contributed by atoms with Crippen molar-refractivity contribution in [2.24, 2.45) is 16.6 Å². The van der Waals surface area contributed by atoms with E-state index in [1.165, 1.54) is 24.8 Å². The van der Waals surface area contributed by atoms with Gasteiger partial charge in [-0.05, 0) is 41.1 Å². The number of nitrogens with zero attached hydrogens (tertiary/aromatic N) is 1. The minimum Gasteiger partial charge on any atom is -0.370 e. The van der Waals surface area contributed by atoms with Gasteiger partial charge in [-0.1, -0.05) is 6.42 Å². The molecule has 1 saturated carbocycles. The zero-order valence-corrected chi connectivity index (χ0v) is 9.59. The Morgan fingerprint density at radius 3 is 3.07 bits per heavy atom. The molecule has 1 fully saturated rings. The summed E-state index contributed by atoms with van der Waals surface area (Å²) in [7, 11) is 0. The van der Waals surface area contributed by atoms with Crippen LogP contribution in [0, 0.1) is 5.92 Å². The van der Waals surface area contributed by atoms with Gasteiger partial charge in [-0.25, -0.2) is 4.99 Å². The molecule has 0 atom stereocenters. The molecule has 1 aromatic rings. The van der Waals surface area contributed by atoms with Crippen molar-refractivity contribution < 1.29 is 0 Å². The highest BCUT2D eigenvalue weighted by Gasteiger charge is 2.16. The molecular weight excluding hydrogens is 206 g/mol. The SMILES string of the molecule is NC(=NCc1ccsc1)NCC1CCC1. The van der Waals surface area contributed by atoms with E-state index in [0.29, 0.717) is 12.5 Å². The van der Waals surface area contributed by atoms with Crippen LogP contribution in [0.3, 0.4) is 0 Å². The van der Waals surface area contributed by atoms with E-state index >= 15 is 0 Å². The highest BCUT2D eigenvalue weighted by Crippen LogP contribution is 2.24. The maximum absolute atomic E-state index is 5.76. The van der Waals surface area contributed by atoms with Crippen molar-refractivity contribution in [3.8, 4) is 0 Å². The van der Waals surface area contributed by atoms with Crippen molar-refractivity contribution in [1.82, 2.24) is 5.32 Å². The van der Waals surface area contributed by atoms with Gasteiger partial charge in [-0.2, -0.15) is 11.3 Å². The first-order valence-corrected chi connectivity index (χ1v) is 6.34. The molecule has 0 unspecified atom stereocenters. The first-order chi connectivity index (χ1) is 7.34. The molecule has 3 N–H and O–H groups in total. The number of thiophene rings is 1. The van der Waals surface area contributed by atoms with Gasteiger partial charge in [0.2, 0.25) is 0 Å². The normalized spacial score (nSPS) is 17.5. The molecule has 3 nitrogen and oxygen atoms in total. The van der Waals surface area contributed by atoms with Crippen LogP contribution in [0.4, 0.5) is 0 Å². The van der Waals surface area contributed by atoms with Crippen molar-refractivity contribution in [3.05, 3.63) is 22.4 Å². The third-order valence-electron chi connectivity index (χ3n) is 2.81. The Hall–Kier alpha value is -1.03. The van der Waals surface area contributed by atoms with E-state index in [1.54, 1.807) is 11.3 Å². The summed E-state index contributed by atoms with van der Waals surface area (Å²) in [5, 5.41) is 7.34. The molecule has 1 heterocycles. The van der Waals surface area contributed by atoms with Crippen LogP contribution < -0.4 is 11.1 Å². The van der Waals surface area contributed by atoms with Crippen molar-refractivity contribution in [1.29, 1.82) is 0 Å². The highest BCUT2D eigenvalue weighted by atomic mass is 32.1. The summed E-state index contributed by atoms with van der Waals surface area (Å²) in [6.45, 7) is 1.67. The predicted octanol–water partition coefficient (Wildman–Crippen LogP) is 1.95. The number of rotatable bonds is 4.